The van der Waals surface area contributed by atoms with Gasteiger partial charge in [0.2, 0.25) is 0 Å². The molecule has 1 atom stereocenters. The minimum Gasteiger partial charge on any atom is -0.495 e. The number of halogens is 1. The van der Waals surface area contributed by atoms with Crippen molar-refractivity contribution in [2.45, 2.75) is 23.8 Å². The summed E-state index contributed by atoms with van der Waals surface area (Å²) in [6, 6.07) is 12.6. The summed E-state index contributed by atoms with van der Waals surface area (Å²) in [7, 11) is -2.41. The van der Waals surface area contributed by atoms with E-state index < -0.39 is 10.0 Å². The molecular weight excluding hydrogens is 402 g/mol. The van der Waals surface area contributed by atoms with Gasteiger partial charge in [0.1, 0.15) is 5.75 Å². The second-order valence-electron chi connectivity index (χ2n) is 6.49. The third kappa shape index (κ3) is 5.15. The van der Waals surface area contributed by atoms with Crippen LogP contribution in [0.1, 0.15) is 23.2 Å². The molecule has 0 radical (unpaired) electrons. The third-order valence-corrected chi connectivity index (χ3v) is 5.88. The lowest BCUT2D eigenvalue weighted by Crippen LogP contribution is -2.41. The lowest BCUT2D eigenvalue weighted by molar-refractivity contribution is 0.0933. The van der Waals surface area contributed by atoms with Gasteiger partial charge in [-0.3, -0.25) is 9.52 Å². The first-order chi connectivity index (χ1) is 12.9. The van der Waals surface area contributed by atoms with Crippen LogP contribution < -0.4 is 20.5 Å². The minimum absolute atomic E-state index is 0. The average molecular weight is 426 g/mol. The predicted molar refractivity (Wildman–Crippen MR) is 111 cm³/mol. The van der Waals surface area contributed by atoms with Crippen molar-refractivity contribution in [1.82, 2.24) is 5.32 Å². The number of ether oxygens (including phenoxy) is 1. The van der Waals surface area contributed by atoms with Crippen molar-refractivity contribution in [3.63, 3.8) is 0 Å². The van der Waals surface area contributed by atoms with Crippen LogP contribution in [0.25, 0.3) is 0 Å². The molecule has 4 N–H and O–H groups in total. The van der Waals surface area contributed by atoms with E-state index in [1.165, 1.54) is 19.2 Å². The van der Waals surface area contributed by atoms with Gasteiger partial charge in [0.05, 0.1) is 17.7 Å². The topological polar surface area (TPSA) is 111 Å². The first-order valence-corrected chi connectivity index (χ1v) is 10.2. The number of amides is 1. The van der Waals surface area contributed by atoms with E-state index in [2.05, 4.69) is 10.0 Å². The molecule has 9 heteroatoms. The summed E-state index contributed by atoms with van der Waals surface area (Å²) in [5, 5.41) is 2.89. The van der Waals surface area contributed by atoms with E-state index in [1.54, 1.807) is 36.4 Å². The maximum Gasteiger partial charge on any atom is 0.262 e. The number of nitrogens with two attached hydrogens (primary N) is 1. The molecule has 0 bridgehead atoms. The fourth-order valence-electron chi connectivity index (χ4n) is 2.86. The van der Waals surface area contributed by atoms with Gasteiger partial charge >= 0.3 is 0 Å². The van der Waals surface area contributed by atoms with E-state index in [0.29, 0.717) is 23.9 Å². The van der Waals surface area contributed by atoms with Crippen molar-refractivity contribution < 1.29 is 17.9 Å². The molecule has 0 saturated heterocycles. The zero-order valence-electron chi connectivity index (χ0n) is 15.4. The SMILES string of the molecule is COc1ccccc1NS(=O)(=O)c1cccc(C(=O)NC(CN)C2CC2)c1.Cl. The van der Waals surface area contributed by atoms with E-state index >= 15 is 0 Å². The first-order valence-electron chi connectivity index (χ1n) is 8.71. The number of carbonyl (C=O) groups excluding carboxylic acids is 1. The standard InChI is InChI=1S/C19H23N3O4S.ClH/c1-26-18-8-3-2-7-16(18)22-27(24,25)15-6-4-5-14(11-15)19(23)21-17(12-20)13-9-10-13;/h2-8,11,13,17,22H,9-10,12,20H2,1H3,(H,21,23);1H. The molecular formula is C19H24ClN3O4S. The quantitative estimate of drug-likeness (QED) is 0.601. The number of rotatable bonds is 8. The number of methoxy groups -OCH3 is 1. The fourth-order valence-corrected chi connectivity index (χ4v) is 3.97. The molecule has 2 aromatic carbocycles. The zero-order chi connectivity index (χ0) is 19.4. The fraction of sp³-hybridized carbons (Fsp3) is 0.316. The number of sulfonamides is 1. The van der Waals surface area contributed by atoms with Gasteiger partial charge in [-0.2, -0.15) is 0 Å². The number of carbonyl (C=O) groups is 1. The van der Waals surface area contributed by atoms with Gasteiger partial charge in [-0.1, -0.05) is 18.2 Å². The smallest absolute Gasteiger partial charge is 0.262 e. The highest BCUT2D eigenvalue weighted by Crippen LogP contribution is 2.32. The van der Waals surface area contributed by atoms with Crippen molar-refractivity contribution in [2.75, 3.05) is 18.4 Å². The number of anilines is 1. The van der Waals surface area contributed by atoms with E-state index in [1.807, 2.05) is 0 Å². The molecule has 3 rings (SSSR count). The average Bonchev–Trinajstić information content (AvgIpc) is 3.51. The van der Waals surface area contributed by atoms with Crippen LogP contribution in [-0.4, -0.2) is 34.0 Å². The molecule has 1 amide bonds. The molecule has 7 nitrogen and oxygen atoms in total. The summed E-state index contributed by atoms with van der Waals surface area (Å²) in [5.74, 6) is 0.495. The van der Waals surface area contributed by atoms with Crippen molar-refractivity contribution in [1.29, 1.82) is 0 Å². The van der Waals surface area contributed by atoms with Crippen LogP contribution in [0.3, 0.4) is 0 Å². The molecule has 0 aromatic heterocycles. The molecule has 1 unspecified atom stereocenters. The highest BCUT2D eigenvalue weighted by Gasteiger charge is 2.31. The summed E-state index contributed by atoms with van der Waals surface area (Å²) < 4.78 is 33.1. The second kappa shape index (κ2) is 9.27. The number of para-hydroxylation sites is 2. The lowest BCUT2D eigenvalue weighted by Gasteiger charge is -2.16. The highest BCUT2D eigenvalue weighted by atomic mass is 35.5. The van der Waals surface area contributed by atoms with Gasteiger partial charge in [-0.05, 0) is 49.1 Å². The summed E-state index contributed by atoms with van der Waals surface area (Å²) >= 11 is 0. The molecule has 1 aliphatic carbocycles. The van der Waals surface area contributed by atoms with Gasteiger partial charge in [-0.25, -0.2) is 8.42 Å². The van der Waals surface area contributed by atoms with Crippen LogP contribution in [0.15, 0.2) is 53.4 Å². The van der Waals surface area contributed by atoms with E-state index in [4.69, 9.17) is 10.5 Å². The Morgan fingerprint density at radius 3 is 2.57 bits per heavy atom. The third-order valence-electron chi connectivity index (χ3n) is 4.52. The van der Waals surface area contributed by atoms with Crippen molar-refractivity contribution in [3.05, 3.63) is 54.1 Å². The monoisotopic (exact) mass is 425 g/mol. The zero-order valence-corrected chi connectivity index (χ0v) is 17.1. The summed E-state index contributed by atoms with van der Waals surface area (Å²) in [4.78, 5) is 12.5. The van der Waals surface area contributed by atoms with Crippen LogP contribution >= 0.6 is 12.4 Å². The van der Waals surface area contributed by atoms with Crippen LogP contribution in [0.2, 0.25) is 0 Å². The van der Waals surface area contributed by atoms with Crippen molar-refractivity contribution in [2.24, 2.45) is 11.7 Å². The molecule has 1 fully saturated rings. The Labute approximate surface area is 171 Å². The number of benzene rings is 2. The number of hydrogen-bond donors (Lipinski definition) is 3. The molecule has 0 aliphatic heterocycles. The van der Waals surface area contributed by atoms with Crippen LogP contribution in [-0.2, 0) is 10.0 Å². The van der Waals surface area contributed by atoms with E-state index in [9.17, 15) is 13.2 Å². The second-order valence-corrected chi connectivity index (χ2v) is 8.17. The predicted octanol–water partition coefficient (Wildman–Crippen LogP) is 2.38. The van der Waals surface area contributed by atoms with Crippen molar-refractivity contribution in [3.8, 4) is 5.75 Å². The number of nitrogens with one attached hydrogen (secondary N) is 2. The summed E-state index contributed by atoms with van der Waals surface area (Å²) in [6.07, 6.45) is 2.11. The number of hydrogen-bond acceptors (Lipinski definition) is 5. The van der Waals surface area contributed by atoms with Gasteiger partial charge in [-0.15, -0.1) is 12.4 Å². The van der Waals surface area contributed by atoms with Gasteiger partial charge in [0.15, 0.2) is 0 Å². The van der Waals surface area contributed by atoms with Crippen LogP contribution in [0, 0.1) is 5.92 Å². The van der Waals surface area contributed by atoms with Gasteiger partial charge in [0.25, 0.3) is 15.9 Å². The maximum absolute atomic E-state index is 12.7. The van der Waals surface area contributed by atoms with Crippen LogP contribution in [0.5, 0.6) is 5.75 Å². The Balaban J connectivity index is 0.00000280. The van der Waals surface area contributed by atoms with Gasteiger partial charge < -0.3 is 15.8 Å². The normalized spacial score (nSPS) is 14.5. The molecule has 28 heavy (non-hydrogen) atoms. The van der Waals surface area contributed by atoms with E-state index in [0.717, 1.165) is 12.8 Å². The Bertz CT molecular complexity index is 932. The van der Waals surface area contributed by atoms with Gasteiger partial charge in [0, 0.05) is 18.2 Å². The Morgan fingerprint density at radius 2 is 1.93 bits per heavy atom. The molecule has 2 aromatic rings. The maximum atomic E-state index is 12.7. The van der Waals surface area contributed by atoms with E-state index in [-0.39, 0.29) is 34.8 Å². The molecule has 0 spiro atoms. The molecule has 1 aliphatic rings. The largest absolute Gasteiger partial charge is 0.495 e. The molecule has 152 valence electrons. The van der Waals surface area contributed by atoms with Crippen LogP contribution in [0.4, 0.5) is 5.69 Å². The Hall–Kier alpha value is -2.29. The minimum atomic E-state index is -3.87. The molecule has 1 saturated carbocycles. The summed E-state index contributed by atoms with van der Waals surface area (Å²) in [5.41, 5.74) is 6.32. The summed E-state index contributed by atoms with van der Waals surface area (Å²) in [6.45, 7) is 0.365. The highest BCUT2D eigenvalue weighted by molar-refractivity contribution is 7.92. The Morgan fingerprint density at radius 1 is 1.21 bits per heavy atom. The Kier molecular flexibility index (Phi) is 7.29. The van der Waals surface area contributed by atoms with Crippen molar-refractivity contribution >= 4 is 34.0 Å². The lowest BCUT2D eigenvalue weighted by atomic mass is 10.1. The first kappa shape index (κ1) is 22.0. The molecule has 0 heterocycles.